The molecule has 34 heavy (non-hydrogen) atoms. The average molecular weight is 477 g/mol. The van der Waals surface area contributed by atoms with E-state index in [0.29, 0.717) is 5.89 Å². The van der Waals surface area contributed by atoms with E-state index in [0.717, 1.165) is 28.1 Å². The summed E-state index contributed by atoms with van der Waals surface area (Å²) in [5.41, 5.74) is 1.23. The van der Waals surface area contributed by atoms with Gasteiger partial charge in [0.05, 0.1) is 31.1 Å². The van der Waals surface area contributed by atoms with Gasteiger partial charge in [-0.05, 0) is 41.1 Å². The number of esters is 2. The molecule has 172 valence electrons. The second-order valence-electron chi connectivity index (χ2n) is 7.05. The van der Waals surface area contributed by atoms with Crippen LogP contribution >= 0.6 is 11.8 Å². The quantitative estimate of drug-likeness (QED) is 0.308. The van der Waals surface area contributed by atoms with Gasteiger partial charge < -0.3 is 19.2 Å². The molecule has 0 spiro atoms. The summed E-state index contributed by atoms with van der Waals surface area (Å²) in [6.45, 7) is 0. The van der Waals surface area contributed by atoms with E-state index in [1.807, 2.05) is 42.5 Å². The molecule has 0 aliphatic heterocycles. The SMILES string of the molecule is COC(=O)c1cc(NC(=O)CSc2nnc(-c3ccc4ccccc4c3)o2)cc(C(=O)OC)c1. The van der Waals surface area contributed by atoms with Crippen molar-refractivity contribution in [2.24, 2.45) is 0 Å². The molecule has 4 rings (SSSR count). The van der Waals surface area contributed by atoms with E-state index < -0.39 is 17.8 Å². The van der Waals surface area contributed by atoms with Crippen molar-refractivity contribution in [3.8, 4) is 11.5 Å². The van der Waals surface area contributed by atoms with Crippen molar-refractivity contribution < 1.29 is 28.3 Å². The van der Waals surface area contributed by atoms with Gasteiger partial charge in [0.1, 0.15) is 0 Å². The van der Waals surface area contributed by atoms with Gasteiger partial charge >= 0.3 is 11.9 Å². The van der Waals surface area contributed by atoms with Crippen molar-refractivity contribution in [1.29, 1.82) is 0 Å². The first kappa shape index (κ1) is 23.0. The van der Waals surface area contributed by atoms with Gasteiger partial charge in [-0.1, -0.05) is 42.1 Å². The van der Waals surface area contributed by atoms with Gasteiger partial charge in [-0.3, -0.25) is 4.79 Å². The van der Waals surface area contributed by atoms with Crippen LogP contribution in [0.1, 0.15) is 20.7 Å². The zero-order valence-corrected chi connectivity index (χ0v) is 19.0. The molecule has 3 aromatic carbocycles. The minimum atomic E-state index is -0.650. The van der Waals surface area contributed by atoms with E-state index in [-0.39, 0.29) is 27.8 Å². The number of aromatic nitrogens is 2. The number of amides is 1. The molecule has 0 saturated heterocycles. The van der Waals surface area contributed by atoms with Crippen LogP contribution < -0.4 is 5.32 Å². The molecule has 0 aliphatic rings. The lowest BCUT2D eigenvalue weighted by molar-refractivity contribution is -0.113. The van der Waals surface area contributed by atoms with Crippen LogP contribution in [0.25, 0.3) is 22.2 Å². The van der Waals surface area contributed by atoms with Crippen molar-refractivity contribution in [3.05, 3.63) is 71.8 Å². The normalized spacial score (nSPS) is 10.6. The highest BCUT2D eigenvalue weighted by Crippen LogP contribution is 2.26. The minimum absolute atomic E-state index is 0.0324. The van der Waals surface area contributed by atoms with E-state index in [2.05, 4.69) is 15.5 Å². The first-order valence-electron chi connectivity index (χ1n) is 10.0. The Hall–Kier alpha value is -4.18. The van der Waals surface area contributed by atoms with Crippen LogP contribution in [0.4, 0.5) is 5.69 Å². The predicted octanol–water partition coefficient (Wildman–Crippen LogP) is 4.19. The number of carbonyl (C=O) groups excluding carboxylic acids is 3. The summed E-state index contributed by atoms with van der Waals surface area (Å²) < 4.78 is 15.1. The Morgan fingerprint density at radius 3 is 2.24 bits per heavy atom. The first-order valence-corrected chi connectivity index (χ1v) is 11.0. The number of hydrogen-bond acceptors (Lipinski definition) is 9. The lowest BCUT2D eigenvalue weighted by Crippen LogP contribution is -2.16. The fraction of sp³-hybridized carbons (Fsp3) is 0.125. The standard InChI is InChI=1S/C24H19N3O6S/c1-31-22(29)17-10-18(23(30)32-2)12-19(11-17)25-20(28)13-34-24-27-26-21(33-24)16-8-7-14-5-3-4-6-15(14)9-16/h3-12H,13H2,1-2H3,(H,25,28). The summed E-state index contributed by atoms with van der Waals surface area (Å²) >= 11 is 1.06. The lowest BCUT2D eigenvalue weighted by atomic mass is 10.1. The third-order valence-corrected chi connectivity index (χ3v) is 5.61. The summed E-state index contributed by atoms with van der Waals surface area (Å²) in [7, 11) is 2.44. The zero-order chi connectivity index (χ0) is 24.1. The van der Waals surface area contributed by atoms with Crippen LogP contribution in [0.3, 0.4) is 0 Å². The average Bonchev–Trinajstić information content (AvgIpc) is 3.35. The van der Waals surface area contributed by atoms with Gasteiger partial charge in [-0.15, -0.1) is 10.2 Å². The number of benzene rings is 3. The van der Waals surface area contributed by atoms with E-state index in [4.69, 9.17) is 13.9 Å². The molecular weight excluding hydrogens is 458 g/mol. The molecular formula is C24H19N3O6S. The maximum atomic E-state index is 12.5. The van der Waals surface area contributed by atoms with Gasteiger partial charge in [0.25, 0.3) is 5.22 Å². The van der Waals surface area contributed by atoms with E-state index in [9.17, 15) is 14.4 Å². The Morgan fingerprint density at radius 2 is 1.56 bits per heavy atom. The number of carbonyl (C=O) groups is 3. The second kappa shape index (κ2) is 10.2. The van der Waals surface area contributed by atoms with E-state index >= 15 is 0 Å². The Bertz CT molecular complexity index is 1350. The van der Waals surface area contributed by atoms with E-state index in [1.165, 1.54) is 32.4 Å². The fourth-order valence-corrected chi connectivity index (χ4v) is 3.77. The Morgan fingerprint density at radius 1 is 0.882 bits per heavy atom. The molecule has 0 atom stereocenters. The molecule has 9 nitrogen and oxygen atoms in total. The van der Waals surface area contributed by atoms with Crippen LogP contribution in [-0.2, 0) is 14.3 Å². The number of fused-ring (bicyclic) bond motifs is 1. The van der Waals surface area contributed by atoms with Gasteiger partial charge in [-0.2, -0.15) is 0 Å². The number of nitrogens with zero attached hydrogens (tertiary/aromatic N) is 2. The highest BCUT2D eigenvalue weighted by Gasteiger charge is 2.16. The number of rotatable bonds is 7. The molecule has 0 unspecified atom stereocenters. The van der Waals surface area contributed by atoms with Gasteiger partial charge in [0.2, 0.25) is 11.8 Å². The highest BCUT2D eigenvalue weighted by atomic mass is 32.2. The van der Waals surface area contributed by atoms with Gasteiger partial charge in [0.15, 0.2) is 0 Å². The van der Waals surface area contributed by atoms with Gasteiger partial charge in [0, 0.05) is 11.3 Å². The number of ether oxygens (including phenoxy) is 2. The molecule has 1 amide bonds. The number of anilines is 1. The van der Waals surface area contributed by atoms with Crippen molar-refractivity contribution in [1.82, 2.24) is 10.2 Å². The zero-order valence-electron chi connectivity index (χ0n) is 18.2. The number of hydrogen-bond donors (Lipinski definition) is 1. The molecule has 0 radical (unpaired) electrons. The summed E-state index contributed by atoms with van der Waals surface area (Å²) in [5.74, 6) is -1.38. The third-order valence-electron chi connectivity index (χ3n) is 4.79. The summed E-state index contributed by atoms with van der Waals surface area (Å²) in [6, 6.07) is 17.9. The lowest BCUT2D eigenvalue weighted by Gasteiger charge is -2.09. The minimum Gasteiger partial charge on any atom is -0.465 e. The molecule has 4 aromatic rings. The van der Waals surface area contributed by atoms with Crippen LogP contribution in [-0.4, -0.2) is 48.0 Å². The van der Waals surface area contributed by atoms with Crippen molar-refractivity contribution >= 4 is 46.1 Å². The number of nitrogens with one attached hydrogen (secondary N) is 1. The van der Waals surface area contributed by atoms with Crippen molar-refractivity contribution in [2.75, 3.05) is 25.3 Å². The monoisotopic (exact) mass is 477 g/mol. The number of thioether (sulfide) groups is 1. The number of methoxy groups -OCH3 is 2. The maximum absolute atomic E-state index is 12.5. The molecule has 1 N–H and O–H groups in total. The van der Waals surface area contributed by atoms with Crippen molar-refractivity contribution in [3.63, 3.8) is 0 Å². The smallest absolute Gasteiger partial charge is 0.337 e. The fourth-order valence-electron chi connectivity index (χ4n) is 3.20. The van der Waals surface area contributed by atoms with Crippen LogP contribution in [0.2, 0.25) is 0 Å². The maximum Gasteiger partial charge on any atom is 0.337 e. The molecule has 0 bridgehead atoms. The molecule has 0 saturated carbocycles. The summed E-state index contributed by atoms with van der Waals surface area (Å²) in [5, 5.41) is 13.1. The summed E-state index contributed by atoms with van der Waals surface area (Å²) in [6.07, 6.45) is 0. The Balaban J connectivity index is 1.43. The highest BCUT2D eigenvalue weighted by molar-refractivity contribution is 7.99. The Kier molecular flexibility index (Phi) is 6.88. The molecule has 1 heterocycles. The summed E-state index contributed by atoms with van der Waals surface area (Å²) in [4.78, 5) is 36.3. The van der Waals surface area contributed by atoms with Crippen LogP contribution in [0.5, 0.6) is 0 Å². The second-order valence-corrected chi connectivity index (χ2v) is 7.98. The molecule has 1 aromatic heterocycles. The first-order chi connectivity index (χ1) is 16.5. The Labute approximate surface area is 198 Å². The third kappa shape index (κ3) is 5.24. The van der Waals surface area contributed by atoms with Gasteiger partial charge in [-0.25, -0.2) is 9.59 Å². The van der Waals surface area contributed by atoms with Crippen LogP contribution in [0, 0.1) is 0 Å². The molecule has 10 heteroatoms. The largest absolute Gasteiger partial charge is 0.465 e. The topological polar surface area (TPSA) is 121 Å². The molecule has 0 fully saturated rings. The predicted molar refractivity (Wildman–Crippen MR) is 126 cm³/mol. The molecule has 0 aliphatic carbocycles. The van der Waals surface area contributed by atoms with Crippen LogP contribution in [0.15, 0.2) is 70.3 Å². The van der Waals surface area contributed by atoms with Crippen molar-refractivity contribution in [2.45, 2.75) is 5.22 Å². The van der Waals surface area contributed by atoms with E-state index in [1.54, 1.807) is 0 Å².